The van der Waals surface area contributed by atoms with Crippen LogP contribution in [-0.4, -0.2) is 37.1 Å². The van der Waals surface area contributed by atoms with Gasteiger partial charge in [0, 0.05) is 10.9 Å². The van der Waals surface area contributed by atoms with E-state index in [0.717, 1.165) is 12.1 Å². The Morgan fingerprint density at radius 1 is 1.20 bits per heavy atom. The molecule has 2 rings (SSSR count). The van der Waals surface area contributed by atoms with Gasteiger partial charge in [0.05, 0.1) is 13.7 Å². The molecule has 1 aromatic carbocycles. The molecule has 134 valence electrons. The molecule has 1 amide bonds. The molecule has 1 heterocycles. The predicted molar refractivity (Wildman–Crippen MR) is 82.3 cm³/mol. The Morgan fingerprint density at radius 2 is 1.92 bits per heavy atom. The van der Waals surface area contributed by atoms with Gasteiger partial charge in [-0.05, 0) is 31.2 Å². The monoisotopic (exact) mass is 356 g/mol. The predicted octanol–water partition coefficient (Wildman–Crippen LogP) is 2.56. The number of ether oxygens (including phenoxy) is 2. The number of methoxy groups -OCH3 is 1. The van der Waals surface area contributed by atoms with Crippen molar-refractivity contribution < 1.29 is 32.2 Å². The zero-order valence-corrected chi connectivity index (χ0v) is 13.4. The number of alkyl halides is 3. The van der Waals surface area contributed by atoms with Crippen LogP contribution in [0.25, 0.3) is 10.9 Å². The van der Waals surface area contributed by atoms with Gasteiger partial charge < -0.3 is 14.8 Å². The van der Waals surface area contributed by atoms with Crippen LogP contribution in [0.4, 0.5) is 13.2 Å². The lowest BCUT2D eigenvalue weighted by Crippen LogP contribution is -2.30. The third-order valence-electron chi connectivity index (χ3n) is 3.27. The molecule has 0 aliphatic carbocycles. The summed E-state index contributed by atoms with van der Waals surface area (Å²) in [5, 5.41) is 2.53. The number of benzene rings is 1. The number of hydrogen-bond acceptors (Lipinski definition) is 5. The van der Waals surface area contributed by atoms with Crippen LogP contribution in [0.5, 0.6) is 5.75 Å². The van der Waals surface area contributed by atoms with Crippen molar-refractivity contribution in [1.29, 1.82) is 0 Å². The highest BCUT2D eigenvalue weighted by atomic mass is 19.4. The molecular formula is C16H15F3N2O4. The van der Waals surface area contributed by atoms with Crippen molar-refractivity contribution in [1.82, 2.24) is 10.3 Å². The Morgan fingerprint density at radius 3 is 2.52 bits per heavy atom. The maximum absolute atomic E-state index is 12.9. The molecular weight excluding hydrogens is 341 g/mol. The normalized spacial score (nSPS) is 11.2. The number of esters is 1. The van der Waals surface area contributed by atoms with E-state index in [-0.39, 0.29) is 35.4 Å². The summed E-state index contributed by atoms with van der Waals surface area (Å²) in [7, 11) is 1.29. The van der Waals surface area contributed by atoms with E-state index in [9.17, 15) is 22.8 Å². The molecule has 0 fully saturated rings. The average molecular weight is 356 g/mol. The summed E-state index contributed by atoms with van der Waals surface area (Å²) < 4.78 is 48.3. The number of nitrogens with zero attached hydrogens (tertiary/aromatic N) is 1. The van der Waals surface area contributed by atoms with Crippen molar-refractivity contribution in [2.75, 3.05) is 20.3 Å². The molecule has 0 spiro atoms. The van der Waals surface area contributed by atoms with Crippen LogP contribution in [0, 0.1) is 0 Å². The number of nitrogens with one attached hydrogen (secondary N) is 1. The van der Waals surface area contributed by atoms with Gasteiger partial charge in [-0.1, -0.05) is 0 Å². The van der Waals surface area contributed by atoms with E-state index in [1.54, 1.807) is 6.92 Å². The Kier molecular flexibility index (Phi) is 5.45. The quantitative estimate of drug-likeness (QED) is 0.833. The molecule has 1 aromatic heterocycles. The molecule has 0 saturated carbocycles. The first-order valence-electron chi connectivity index (χ1n) is 7.26. The Balaban J connectivity index is 2.41. The molecule has 0 aliphatic rings. The zero-order valence-electron chi connectivity index (χ0n) is 13.4. The molecule has 25 heavy (non-hydrogen) atoms. The van der Waals surface area contributed by atoms with Gasteiger partial charge in [0.1, 0.15) is 23.5 Å². The third-order valence-corrected chi connectivity index (χ3v) is 3.27. The number of fused-ring (bicyclic) bond motifs is 1. The van der Waals surface area contributed by atoms with Gasteiger partial charge in [0.2, 0.25) is 0 Å². The highest BCUT2D eigenvalue weighted by Gasteiger charge is 2.33. The molecule has 6 nitrogen and oxygen atoms in total. The fourth-order valence-electron chi connectivity index (χ4n) is 2.17. The van der Waals surface area contributed by atoms with E-state index in [1.807, 2.05) is 0 Å². The molecule has 0 aliphatic heterocycles. The number of pyridine rings is 1. The molecule has 9 heteroatoms. The fourth-order valence-corrected chi connectivity index (χ4v) is 2.17. The summed E-state index contributed by atoms with van der Waals surface area (Å²) in [6.45, 7) is 1.44. The largest absolute Gasteiger partial charge is 0.494 e. The molecule has 2 aromatic rings. The van der Waals surface area contributed by atoms with Crippen LogP contribution in [0.3, 0.4) is 0 Å². The number of carbonyl (C=O) groups is 2. The molecule has 0 radical (unpaired) electrons. The fraction of sp³-hybridized carbons (Fsp3) is 0.312. The van der Waals surface area contributed by atoms with Gasteiger partial charge in [-0.25, -0.2) is 4.98 Å². The average Bonchev–Trinajstić information content (AvgIpc) is 2.57. The van der Waals surface area contributed by atoms with E-state index in [1.165, 1.54) is 19.2 Å². The van der Waals surface area contributed by atoms with Gasteiger partial charge in [-0.15, -0.1) is 0 Å². The number of hydrogen-bond donors (Lipinski definition) is 1. The van der Waals surface area contributed by atoms with Crippen LogP contribution in [-0.2, 0) is 15.7 Å². The van der Waals surface area contributed by atoms with Crippen LogP contribution < -0.4 is 10.1 Å². The highest BCUT2D eigenvalue weighted by molar-refractivity contribution is 6.08. The van der Waals surface area contributed by atoms with Crippen molar-refractivity contribution in [3.8, 4) is 5.75 Å². The van der Waals surface area contributed by atoms with Crippen LogP contribution in [0.2, 0.25) is 0 Å². The lowest BCUT2D eigenvalue weighted by Gasteiger charge is -2.12. The number of amides is 1. The van der Waals surface area contributed by atoms with E-state index >= 15 is 0 Å². The number of halogens is 3. The maximum Gasteiger partial charge on any atom is 0.433 e. The van der Waals surface area contributed by atoms with Gasteiger partial charge in [0.15, 0.2) is 0 Å². The number of rotatable bonds is 5. The highest BCUT2D eigenvalue weighted by Crippen LogP contribution is 2.33. The van der Waals surface area contributed by atoms with Crippen molar-refractivity contribution in [2.24, 2.45) is 0 Å². The van der Waals surface area contributed by atoms with Crippen LogP contribution in [0.1, 0.15) is 23.0 Å². The molecule has 1 N–H and O–H groups in total. The second kappa shape index (κ2) is 7.37. The Hall–Kier alpha value is -2.84. The van der Waals surface area contributed by atoms with Crippen molar-refractivity contribution in [3.05, 3.63) is 35.5 Å². The van der Waals surface area contributed by atoms with Crippen molar-refractivity contribution >= 4 is 22.8 Å². The number of carbonyl (C=O) groups excluding carboxylic acids is 2. The van der Waals surface area contributed by atoms with E-state index in [2.05, 4.69) is 10.3 Å². The first-order valence-corrected chi connectivity index (χ1v) is 7.26. The van der Waals surface area contributed by atoms with Gasteiger partial charge >= 0.3 is 12.1 Å². The van der Waals surface area contributed by atoms with Crippen molar-refractivity contribution in [2.45, 2.75) is 13.1 Å². The molecule has 0 unspecified atom stereocenters. The summed E-state index contributed by atoms with van der Waals surface area (Å²) in [5.41, 5.74) is -1.12. The van der Waals surface area contributed by atoms with E-state index < -0.39 is 23.7 Å². The maximum atomic E-state index is 12.9. The summed E-state index contributed by atoms with van der Waals surface area (Å²) in [4.78, 5) is 27.1. The van der Waals surface area contributed by atoms with Gasteiger partial charge in [-0.2, -0.15) is 13.2 Å². The Labute approximate surface area is 140 Å². The minimum absolute atomic E-state index is 0.0707. The second-order valence-electron chi connectivity index (χ2n) is 4.89. The zero-order chi connectivity index (χ0) is 18.6. The minimum Gasteiger partial charge on any atom is -0.494 e. The van der Waals surface area contributed by atoms with Crippen molar-refractivity contribution in [3.63, 3.8) is 0 Å². The molecule has 0 atom stereocenters. The van der Waals surface area contributed by atoms with E-state index in [4.69, 9.17) is 9.47 Å². The van der Waals surface area contributed by atoms with Gasteiger partial charge in [-0.3, -0.25) is 9.59 Å². The molecule has 0 saturated heterocycles. The third kappa shape index (κ3) is 4.17. The lowest BCUT2D eigenvalue weighted by atomic mass is 10.1. The minimum atomic E-state index is -4.62. The standard InChI is InChI=1S/C16H15F3N2O4/c1-3-25-13(22)8-20-15(23)10-4-6-11(24-2)14-9(10)5-7-12(21-14)16(17,18)19/h4-7H,3,8H2,1-2H3,(H,20,23). The first kappa shape index (κ1) is 18.5. The second-order valence-corrected chi connectivity index (χ2v) is 4.89. The first-order chi connectivity index (χ1) is 11.8. The lowest BCUT2D eigenvalue weighted by molar-refractivity contribution is -0.142. The summed E-state index contributed by atoms with van der Waals surface area (Å²) in [5.74, 6) is -1.16. The number of aromatic nitrogens is 1. The van der Waals surface area contributed by atoms with Crippen LogP contribution >= 0.6 is 0 Å². The van der Waals surface area contributed by atoms with Gasteiger partial charge in [0.25, 0.3) is 5.91 Å². The summed E-state index contributed by atoms with van der Waals surface area (Å²) >= 11 is 0. The van der Waals surface area contributed by atoms with E-state index in [0.29, 0.717) is 0 Å². The molecule has 0 bridgehead atoms. The summed E-state index contributed by atoms with van der Waals surface area (Å²) in [6.07, 6.45) is -4.62. The van der Waals surface area contributed by atoms with Crippen LogP contribution in [0.15, 0.2) is 24.3 Å². The topological polar surface area (TPSA) is 77.5 Å². The SMILES string of the molecule is CCOC(=O)CNC(=O)c1ccc(OC)c2nc(C(F)(F)F)ccc12. The summed E-state index contributed by atoms with van der Waals surface area (Å²) in [6, 6.07) is 4.65. The Bertz CT molecular complexity index is 806. The smallest absolute Gasteiger partial charge is 0.433 e.